The maximum absolute atomic E-state index is 4.10. The largest absolute Gasteiger partial charge is 0.371 e. The second-order valence-corrected chi connectivity index (χ2v) is 3.86. The summed E-state index contributed by atoms with van der Waals surface area (Å²) in [4.78, 5) is 2.39. The molecule has 14 heavy (non-hydrogen) atoms. The molecular weight excluding hydrogens is 170 g/mol. The zero-order valence-corrected chi connectivity index (χ0v) is 8.79. The van der Waals surface area contributed by atoms with Crippen LogP contribution >= 0.6 is 0 Å². The molecule has 0 amide bonds. The summed E-state index contributed by atoms with van der Waals surface area (Å²) in [5.74, 6) is 0. The van der Waals surface area contributed by atoms with Gasteiger partial charge in [-0.25, -0.2) is 0 Å². The van der Waals surface area contributed by atoms with Gasteiger partial charge in [0.15, 0.2) is 0 Å². The van der Waals surface area contributed by atoms with Crippen LogP contribution in [0.5, 0.6) is 0 Å². The van der Waals surface area contributed by atoms with Gasteiger partial charge in [-0.1, -0.05) is 37.8 Å². The van der Waals surface area contributed by atoms with Crippen LogP contribution in [-0.2, 0) is 13.0 Å². The number of hydrogen-bond acceptors (Lipinski definition) is 1. The number of hydrogen-bond donors (Lipinski definition) is 0. The van der Waals surface area contributed by atoms with Gasteiger partial charge in [-0.3, -0.25) is 0 Å². The molecule has 0 spiro atoms. The SMILES string of the molecule is C=C(CC)N1CCc2ccccc2C1. The summed E-state index contributed by atoms with van der Waals surface area (Å²) < 4.78 is 0. The number of fused-ring (bicyclic) bond motifs is 1. The Labute approximate surface area is 86.1 Å². The highest BCUT2D eigenvalue weighted by Crippen LogP contribution is 2.21. The van der Waals surface area contributed by atoms with E-state index >= 15 is 0 Å². The van der Waals surface area contributed by atoms with Gasteiger partial charge in [0.05, 0.1) is 0 Å². The van der Waals surface area contributed by atoms with E-state index in [1.807, 2.05) is 0 Å². The van der Waals surface area contributed by atoms with Crippen LogP contribution in [-0.4, -0.2) is 11.4 Å². The third-order valence-electron chi connectivity index (χ3n) is 2.99. The van der Waals surface area contributed by atoms with Crippen molar-refractivity contribution in [3.8, 4) is 0 Å². The first-order chi connectivity index (χ1) is 6.81. The van der Waals surface area contributed by atoms with Crippen molar-refractivity contribution in [2.45, 2.75) is 26.3 Å². The fourth-order valence-corrected chi connectivity index (χ4v) is 1.99. The van der Waals surface area contributed by atoms with Gasteiger partial charge < -0.3 is 4.90 Å². The van der Waals surface area contributed by atoms with Crippen LogP contribution < -0.4 is 0 Å². The summed E-state index contributed by atoms with van der Waals surface area (Å²) in [6.45, 7) is 8.44. The standard InChI is InChI=1S/C13H17N/c1-3-11(2)14-9-8-12-6-4-5-7-13(12)10-14/h4-7H,2-3,8-10H2,1H3. The van der Waals surface area contributed by atoms with Crippen molar-refractivity contribution in [1.29, 1.82) is 0 Å². The van der Waals surface area contributed by atoms with E-state index in [9.17, 15) is 0 Å². The molecule has 0 saturated heterocycles. The molecule has 0 saturated carbocycles. The molecule has 0 fully saturated rings. The third-order valence-corrected chi connectivity index (χ3v) is 2.99. The van der Waals surface area contributed by atoms with Crippen molar-refractivity contribution in [1.82, 2.24) is 4.90 Å². The molecule has 0 radical (unpaired) electrons. The Bertz CT molecular complexity index is 341. The molecule has 0 aliphatic carbocycles. The zero-order valence-electron chi connectivity index (χ0n) is 8.79. The zero-order chi connectivity index (χ0) is 9.97. The minimum Gasteiger partial charge on any atom is -0.371 e. The summed E-state index contributed by atoms with van der Waals surface area (Å²) >= 11 is 0. The molecule has 0 unspecified atom stereocenters. The minimum atomic E-state index is 1.04. The Hall–Kier alpha value is -1.24. The monoisotopic (exact) mass is 187 g/mol. The number of rotatable bonds is 2. The normalized spacial score (nSPS) is 15.1. The van der Waals surface area contributed by atoms with Gasteiger partial charge in [-0.2, -0.15) is 0 Å². The number of benzene rings is 1. The number of nitrogens with zero attached hydrogens (tertiary/aromatic N) is 1. The van der Waals surface area contributed by atoms with Gasteiger partial charge in [0, 0.05) is 18.8 Å². The molecule has 74 valence electrons. The summed E-state index contributed by atoms with van der Waals surface area (Å²) in [6, 6.07) is 8.71. The Morgan fingerprint density at radius 3 is 2.79 bits per heavy atom. The van der Waals surface area contributed by atoms with Gasteiger partial charge >= 0.3 is 0 Å². The molecule has 0 N–H and O–H groups in total. The fraction of sp³-hybridized carbons (Fsp3) is 0.385. The average molecular weight is 187 g/mol. The summed E-state index contributed by atoms with van der Waals surface area (Å²) in [6.07, 6.45) is 2.22. The van der Waals surface area contributed by atoms with E-state index < -0.39 is 0 Å². The molecule has 1 aliphatic rings. The first-order valence-electron chi connectivity index (χ1n) is 5.30. The molecule has 2 rings (SSSR count). The molecule has 1 aromatic carbocycles. The van der Waals surface area contributed by atoms with Crippen molar-refractivity contribution >= 4 is 0 Å². The van der Waals surface area contributed by atoms with Crippen LogP contribution in [0.3, 0.4) is 0 Å². The van der Waals surface area contributed by atoms with Crippen LogP contribution in [0.4, 0.5) is 0 Å². The quantitative estimate of drug-likeness (QED) is 0.688. The van der Waals surface area contributed by atoms with Crippen molar-refractivity contribution < 1.29 is 0 Å². The summed E-state index contributed by atoms with van der Waals surface area (Å²) in [7, 11) is 0. The lowest BCUT2D eigenvalue weighted by Crippen LogP contribution is -2.29. The first kappa shape index (κ1) is 9.32. The smallest absolute Gasteiger partial charge is 0.0429 e. The van der Waals surface area contributed by atoms with E-state index in [0.717, 1.165) is 25.9 Å². The van der Waals surface area contributed by atoms with Crippen LogP contribution in [0.15, 0.2) is 36.5 Å². The Balaban J connectivity index is 2.17. The van der Waals surface area contributed by atoms with Crippen LogP contribution in [0.1, 0.15) is 24.5 Å². The molecular formula is C13H17N. The van der Waals surface area contributed by atoms with Gasteiger partial charge in [-0.05, 0) is 24.0 Å². The summed E-state index contributed by atoms with van der Waals surface area (Å²) in [5, 5.41) is 0. The Morgan fingerprint density at radius 2 is 2.07 bits per heavy atom. The first-order valence-corrected chi connectivity index (χ1v) is 5.30. The second kappa shape index (κ2) is 3.87. The molecule has 1 nitrogen and oxygen atoms in total. The Morgan fingerprint density at radius 1 is 1.36 bits per heavy atom. The van der Waals surface area contributed by atoms with Crippen molar-refractivity contribution in [2.24, 2.45) is 0 Å². The third kappa shape index (κ3) is 1.67. The van der Waals surface area contributed by atoms with E-state index in [0.29, 0.717) is 0 Å². The van der Waals surface area contributed by atoms with Crippen molar-refractivity contribution in [2.75, 3.05) is 6.54 Å². The van der Waals surface area contributed by atoms with E-state index in [4.69, 9.17) is 0 Å². The fourth-order valence-electron chi connectivity index (χ4n) is 1.99. The highest BCUT2D eigenvalue weighted by molar-refractivity contribution is 5.29. The highest BCUT2D eigenvalue weighted by Gasteiger charge is 2.15. The minimum absolute atomic E-state index is 1.04. The van der Waals surface area contributed by atoms with E-state index in [1.165, 1.54) is 16.8 Å². The van der Waals surface area contributed by atoms with Crippen LogP contribution in [0, 0.1) is 0 Å². The van der Waals surface area contributed by atoms with Gasteiger partial charge in [0.2, 0.25) is 0 Å². The lowest BCUT2D eigenvalue weighted by molar-refractivity contribution is 0.315. The maximum Gasteiger partial charge on any atom is 0.0429 e. The molecule has 1 heteroatoms. The Kier molecular flexibility index (Phi) is 2.58. The average Bonchev–Trinajstić information content (AvgIpc) is 2.27. The molecule has 1 aromatic rings. The molecule has 1 aliphatic heterocycles. The highest BCUT2D eigenvalue weighted by atomic mass is 15.1. The van der Waals surface area contributed by atoms with E-state index in [2.05, 4.69) is 42.7 Å². The lowest BCUT2D eigenvalue weighted by Gasteiger charge is -2.31. The number of allylic oxidation sites excluding steroid dienone is 1. The van der Waals surface area contributed by atoms with Gasteiger partial charge in [0.1, 0.15) is 0 Å². The summed E-state index contributed by atoms with van der Waals surface area (Å²) in [5.41, 5.74) is 4.24. The molecule has 0 aromatic heterocycles. The van der Waals surface area contributed by atoms with Crippen molar-refractivity contribution in [3.63, 3.8) is 0 Å². The molecule has 0 atom stereocenters. The van der Waals surface area contributed by atoms with Crippen LogP contribution in [0.2, 0.25) is 0 Å². The van der Waals surface area contributed by atoms with Gasteiger partial charge in [-0.15, -0.1) is 0 Å². The predicted molar refractivity (Wildman–Crippen MR) is 60.0 cm³/mol. The lowest BCUT2D eigenvalue weighted by atomic mass is 9.99. The maximum atomic E-state index is 4.10. The van der Waals surface area contributed by atoms with Gasteiger partial charge in [0.25, 0.3) is 0 Å². The topological polar surface area (TPSA) is 3.24 Å². The molecule has 0 bridgehead atoms. The second-order valence-electron chi connectivity index (χ2n) is 3.86. The van der Waals surface area contributed by atoms with Crippen LogP contribution in [0.25, 0.3) is 0 Å². The van der Waals surface area contributed by atoms with E-state index in [-0.39, 0.29) is 0 Å². The molecule has 1 heterocycles. The predicted octanol–water partition coefficient (Wildman–Crippen LogP) is 2.97. The van der Waals surface area contributed by atoms with E-state index in [1.54, 1.807) is 0 Å². The van der Waals surface area contributed by atoms with Crippen molar-refractivity contribution in [3.05, 3.63) is 47.7 Å².